The number of aromatic nitrogens is 2. The highest BCUT2D eigenvalue weighted by Gasteiger charge is 2.20. The third-order valence-electron chi connectivity index (χ3n) is 3.31. The fraction of sp³-hybridized carbons (Fsp3) is 0.818. The molecule has 1 aromatic rings. The average Bonchev–Trinajstić information content (AvgIpc) is 2.78. The predicted molar refractivity (Wildman–Crippen MR) is 60.7 cm³/mol. The van der Waals surface area contributed by atoms with Crippen molar-refractivity contribution >= 4 is 0 Å². The van der Waals surface area contributed by atoms with Crippen LogP contribution >= 0.6 is 0 Å². The summed E-state index contributed by atoms with van der Waals surface area (Å²) in [4.78, 5) is 6.73. The summed E-state index contributed by atoms with van der Waals surface area (Å²) in [5, 5.41) is 3.81. The third-order valence-corrected chi connectivity index (χ3v) is 3.31. The quantitative estimate of drug-likeness (QED) is 0.819. The molecule has 5 nitrogen and oxygen atoms in total. The average molecular weight is 224 g/mol. The Morgan fingerprint density at radius 1 is 1.44 bits per heavy atom. The van der Waals surface area contributed by atoms with Gasteiger partial charge in [0.1, 0.15) is 0 Å². The van der Waals surface area contributed by atoms with E-state index in [4.69, 9.17) is 10.3 Å². The van der Waals surface area contributed by atoms with Crippen LogP contribution in [-0.2, 0) is 13.0 Å². The van der Waals surface area contributed by atoms with Crippen LogP contribution in [0.1, 0.15) is 31.5 Å². The molecular weight excluding hydrogens is 204 g/mol. The summed E-state index contributed by atoms with van der Waals surface area (Å²) in [6.07, 6.45) is 3.37. The summed E-state index contributed by atoms with van der Waals surface area (Å²) < 4.78 is 5.16. The van der Waals surface area contributed by atoms with Gasteiger partial charge in [0.05, 0.1) is 6.54 Å². The van der Waals surface area contributed by atoms with Crippen LogP contribution in [0, 0.1) is 5.92 Å². The summed E-state index contributed by atoms with van der Waals surface area (Å²) in [6.45, 7) is 6.12. The van der Waals surface area contributed by atoms with Crippen molar-refractivity contribution in [3.05, 3.63) is 11.7 Å². The first-order valence-corrected chi connectivity index (χ1v) is 6.05. The lowest BCUT2D eigenvalue weighted by Crippen LogP contribution is -2.34. The fourth-order valence-electron chi connectivity index (χ4n) is 2.21. The smallest absolute Gasteiger partial charge is 0.226 e. The van der Waals surface area contributed by atoms with Crippen LogP contribution in [0.2, 0.25) is 0 Å². The van der Waals surface area contributed by atoms with E-state index in [9.17, 15) is 0 Å². The van der Waals surface area contributed by atoms with Crippen molar-refractivity contribution in [2.45, 2.75) is 32.7 Å². The molecule has 1 aliphatic heterocycles. The Morgan fingerprint density at radius 3 is 2.75 bits per heavy atom. The highest BCUT2D eigenvalue weighted by Crippen LogP contribution is 2.20. The fourth-order valence-corrected chi connectivity index (χ4v) is 2.21. The van der Waals surface area contributed by atoms with Gasteiger partial charge in [-0.3, -0.25) is 0 Å². The number of nitrogens with two attached hydrogens (primary N) is 1. The Labute approximate surface area is 96.0 Å². The predicted octanol–water partition coefficient (Wildman–Crippen LogP) is 0.803. The molecule has 1 aromatic heterocycles. The Morgan fingerprint density at radius 2 is 2.19 bits per heavy atom. The van der Waals surface area contributed by atoms with Gasteiger partial charge in [0.2, 0.25) is 5.89 Å². The van der Waals surface area contributed by atoms with Crippen LogP contribution in [0.5, 0.6) is 0 Å². The number of likely N-dealkylation sites (tertiary alicyclic amines) is 1. The van der Waals surface area contributed by atoms with Crippen molar-refractivity contribution in [2.24, 2.45) is 11.7 Å². The number of rotatable bonds is 4. The van der Waals surface area contributed by atoms with Gasteiger partial charge in [-0.15, -0.1) is 0 Å². The van der Waals surface area contributed by atoms with E-state index in [0.717, 1.165) is 18.9 Å². The van der Waals surface area contributed by atoms with E-state index in [2.05, 4.69) is 22.0 Å². The molecule has 1 fully saturated rings. The summed E-state index contributed by atoms with van der Waals surface area (Å²) >= 11 is 0. The molecule has 0 spiro atoms. The van der Waals surface area contributed by atoms with Crippen molar-refractivity contribution < 1.29 is 4.52 Å². The van der Waals surface area contributed by atoms with Gasteiger partial charge in [-0.05, 0) is 38.4 Å². The van der Waals surface area contributed by atoms with Crippen molar-refractivity contribution in [1.82, 2.24) is 15.0 Å². The first-order valence-electron chi connectivity index (χ1n) is 6.05. The molecule has 2 N–H and O–H groups in total. The molecule has 0 amide bonds. The lowest BCUT2D eigenvalue weighted by atomic mass is 9.93. The number of piperidine rings is 1. The maximum Gasteiger partial charge on any atom is 0.226 e. The second-order valence-corrected chi connectivity index (χ2v) is 4.39. The van der Waals surface area contributed by atoms with E-state index in [1.165, 1.54) is 25.9 Å². The SMILES string of the molecule is CCN1CCC(Cc2nc(CN)no2)CC1. The van der Waals surface area contributed by atoms with E-state index in [0.29, 0.717) is 18.3 Å². The van der Waals surface area contributed by atoms with Crippen LogP contribution in [0.3, 0.4) is 0 Å². The summed E-state index contributed by atoms with van der Waals surface area (Å²) in [5.74, 6) is 2.05. The minimum atomic E-state index is 0.359. The van der Waals surface area contributed by atoms with Gasteiger partial charge >= 0.3 is 0 Å². The second kappa shape index (κ2) is 5.41. The first-order chi connectivity index (χ1) is 7.81. The molecule has 1 saturated heterocycles. The van der Waals surface area contributed by atoms with Gasteiger partial charge in [-0.2, -0.15) is 4.98 Å². The highest BCUT2D eigenvalue weighted by molar-refractivity contribution is 4.88. The van der Waals surface area contributed by atoms with Crippen LogP contribution in [0.4, 0.5) is 0 Å². The van der Waals surface area contributed by atoms with Crippen molar-refractivity contribution in [3.63, 3.8) is 0 Å². The molecule has 0 aromatic carbocycles. The highest BCUT2D eigenvalue weighted by atomic mass is 16.5. The molecule has 0 aliphatic carbocycles. The molecule has 0 unspecified atom stereocenters. The van der Waals surface area contributed by atoms with Gasteiger partial charge < -0.3 is 15.2 Å². The summed E-state index contributed by atoms with van der Waals surface area (Å²) in [6, 6.07) is 0. The zero-order valence-corrected chi connectivity index (χ0v) is 9.85. The Bertz CT molecular complexity index is 318. The maximum absolute atomic E-state index is 5.44. The van der Waals surface area contributed by atoms with E-state index < -0.39 is 0 Å². The Kier molecular flexibility index (Phi) is 3.90. The molecule has 0 saturated carbocycles. The number of hydrogen-bond donors (Lipinski definition) is 1. The van der Waals surface area contributed by atoms with Crippen molar-refractivity contribution in [3.8, 4) is 0 Å². The minimum Gasteiger partial charge on any atom is -0.339 e. The molecule has 0 atom stereocenters. The van der Waals surface area contributed by atoms with Gasteiger partial charge in [0.15, 0.2) is 5.82 Å². The van der Waals surface area contributed by atoms with Crippen LogP contribution in [0.15, 0.2) is 4.52 Å². The largest absolute Gasteiger partial charge is 0.339 e. The topological polar surface area (TPSA) is 68.2 Å². The molecule has 2 heterocycles. The monoisotopic (exact) mass is 224 g/mol. The Balaban J connectivity index is 1.82. The Hall–Kier alpha value is -0.940. The van der Waals surface area contributed by atoms with Gasteiger partial charge in [-0.25, -0.2) is 0 Å². The van der Waals surface area contributed by atoms with Crippen LogP contribution in [-0.4, -0.2) is 34.7 Å². The third kappa shape index (κ3) is 2.80. The molecular formula is C11H20N4O. The van der Waals surface area contributed by atoms with E-state index in [1.807, 2.05) is 0 Å². The van der Waals surface area contributed by atoms with Crippen LogP contribution in [0.25, 0.3) is 0 Å². The summed E-state index contributed by atoms with van der Waals surface area (Å²) in [5.41, 5.74) is 5.44. The van der Waals surface area contributed by atoms with Crippen LogP contribution < -0.4 is 5.73 Å². The van der Waals surface area contributed by atoms with Crippen molar-refractivity contribution in [1.29, 1.82) is 0 Å². The molecule has 2 rings (SSSR count). The molecule has 90 valence electrons. The van der Waals surface area contributed by atoms with Gasteiger partial charge in [0, 0.05) is 6.42 Å². The van der Waals surface area contributed by atoms with E-state index >= 15 is 0 Å². The lowest BCUT2D eigenvalue weighted by molar-refractivity contribution is 0.185. The van der Waals surface area contributed by atoms with E-state index in [1.54, 1.807) is 0 Å². The molecule has 16 heavy (non-hydrogen) atoms. The van der Waals surface area contributed by atoms with Gasteiger partial charge in [0.25, 0.3) is 0 Å². The maximum atomic E-state index is 5.44. The van der Waals surface area contributed by atoms with E-state index in [-0.39, 0.29) is 0 Å². The second-order valence-electron chi connectivity index (χ2n) is 4.39. The number of hydrogen-bond acceptors (Lipinski definition) is 5. The molecule has 0 bridgehead atoms. The first kappa shape index (κ1) is 11.5. The minimum absolute atomic E-state index is 0.359. The molecule has 0 radical (unpaired) electrons. The standard InChI is InChI=1S/C11H20N4O/c1-2-15-5-3-9(4-6-15)7-11-13-10(8-12)14-16-11/h9H,2-8,12H2,1H3. The number of nitrogens with zero attached hydrogens (tertiary/aromatic N) is 3. The molecule has 5 heteroatoms. The normalized spacial score (nSPS) is 19.1. The summed E-state index contributed by atoms with van der Waals surface area (Å²) in [7, 11) is 0. The zero-order chi connectivity index (χ0) is 11.4. The molecule has 1 aliphatic rings. The van der Waals surface area contributed by atoms with Crippen molar-refractivity contribution in [2.75, 3.05) is 19.6 Å². The lowest BCUT2D eigenvalue weighted by Gasteiger charge is -2.30. The zero-order valence-electron chi connectivity index (χ0n) is 9.85. The van der Waals surface area contributed by atoms with Gasteiger partial charge in [-0.1, -0.05) is 12.1 Å².